The number of benzene rings is 2. The molecule has 12 heteroatoms. The lowest BCUT2D eigenvalue weighted by Gasteiger charge is -2.16. The molecule has 0 unspecified atom stereocenters. The number of rotatable bonds is 7. The number of carbonyl (C=O) groups is 1. The molecule has 0 aliphatic carbocycles. The van der Waals surface area contributed by atoms with Gasteiger partial charge in [-0.3, -0.25) is 23.8 Å². The Labute approximate surface area is 232 Å². The first-order chi connectivity index (χ1) is 19.6. The van der Waals surface area contributed by atoms with Gasteiger partial charge in [-0.15, -0.1) is 0 Å². The fourth-order valence-electron chi connectivity index (χ4n) is 4.12. The summed E-state index contributed by atoms with van der Waals surface area (Å²) in [5.74, 6) is -2.27. The highest BCUT2D eigenvalue weighted by molar-refractivity contribution is 6.03. The zero-order valence-corrected chi connectivity index (χ0v) is 22.2. The van der Waals surface area contributed by atoms with Crippen LogP contribution in [0.5, 0.6) is 11.5 Å². The van der Waals surface area contributed by atoms with Gasteiger partial charge >= 0.3 is 5.69 Å². The minimum atomic E-state index is -1.02. The average molecular weight is 559 g/mol. The fraction of sp³-hybridized carbons (Fsp3) is 0.138. The number of nitrogens with one attached hydrogen (secondary N) is 1. The number of halogens is 2. The molecule has 0 fully saturated rings. The van der Waals surface area contributed by atoms with Gasteiger partial charge in [0, 0.05) is 55.1 Å². The number of amides is 1. The smallest absolute Gasteiger partial charge is 0.336 e. The van der Waals surface area contributed by atoms with E-state index in [1.807, 2.05) is 0 Å². The van der Waals surface area contributed by atoms with Crippen LogP contribution in [0, 0.1) is 11.6 Å². The standard InChI is InChI=1S/C29H24F2N6O4/c1-17(2)36-16-21(28(39)37(29(36)40)25-7-5-4-6-22(25)30)27(38)34-19-8-9-26(23(31)12-19)41-20-10-11-32-24(13-20)18-14-33-35(3)15-18/h4-17H,1-3H3,(H,34,38). The molecular weight excluding hydrogens is 534 g/mol. The Hall–Kier alpha value is -5.39. The lowest BCUT2D eigenvalue weighted by Crippen LogP contribution is -2.43. The molecule has 41 heavy (non-hydrogen) atoms. The Morgan fingerprint density at radius 2 is 1.78 bits per heavy atom. The summed E-state index contributed by atoms with van der Waals surface area (Å²) in [7, 11) is 1.78. The third-order valence-corrected chi connectivity index (χ3v) is 6.16. The number of anilines is 1. The first-order valence-corrected chi connectivity index (χ1v) is 12.5. The van der Waals surface area contributed by atoms with Crippen LogP contribution in [0.1, 0.15) is 30.2 Å². The maximum absolute atomic E-state index is 15.0. The summed E-state index contributed by atoms with van der Waals surface area (Å²) in [6.45, 7) is 3.35. The highest BCUT2D eigenvalue weighted by Crippen LogP contribution is 2.29. The largest absolute Gasteiger partial charge is 0.454 e. The number of pyridine rings is 1. The van der Waals surface area contributed by atoms with Crippen LogP contribution in [0.4, 0.5) is 14.5 Å². The second kappa shape index (κ2) is 11.0. The van der Waals surface area contributed by atoms with Crippen LogP contribution < -0.4 is 21.3 Å². The van der Waals surface area contributed by atoms with Crippen molar-refractivity contribution in [1.82, 2.24) is 23.9 Å². The Bertz CT molecular complexity index is 1890. The van der Waals surface area contributed by atoms with E-state index in [1.54, 1.807) is 50.1 Å². The van der Waals surface area contributed by atoms with Crippen molar-refractivity contribution in [1.29, 1.82) is 0 Å². The molecule has 5 rings (SSSR count). The van der Waals surface area contributed by atoms with Crippen LogP contribution in [0.2, 0.25) is 0 Å². The van der Waals surface area contributed by atoms with Crippen LogP contribution in [0.3, 0.4) is 0 Å². The van der Waals surface area contributed by atoms with E-state index < -0.39 is 40.4 Å². The summed E-state index contributed by atoms with van der Waals surface area (Å²) in [5.41, 5.74) is -1.16. The summed E-state index contributed by atoms with van der Waals surface area (Å²) >= 11 is 0. The molecular formula is C29H24F2N6O4. The number of aromatic nitrogens is 5. The number of nitrogens with zero attached hydrogens (tertiary/aromatic N) is 5. The second-order valence-electron chi connectivity index (χ2n) is 9.40. The number of hydrogen-bond donors (Lipinski definition) is 1. The molecule has 5 aromatic rings. The Morgan fingerprint density at radius 1 is 1.00 bits per heavy atom. The van der Waals surface area contributed by atoms with Gasteiger partial charge in [0.05, 0.1) is 17.6 Å². The molecule has 0 saturated carbocycles. The first-order valence-electron chi connectivity index (χ1n) is 12.5. The van der Waals surface area contributed by atoms with Crippen molar-refractivity contribution in [3.8, 4) is 28.4 Å². The van der Waals surface area contributed by atoms with E-state index in [0.717, 1.165) is 28.5 Å². The van der Waals surface area contributed by atoms with E-state index in [-0.39, 0.29) is 17.1 Å². The van der Waals surface area contributed by atoms with Crippen LogP contribution in [-0.4, -0.2) is 29.8 Å². The van der Waals surface area contributed by atoms with Crippen molar-refractivity contribution in [2.45, 2.75) is 19.9 Å². The fourth-order valence-corrected chi connectivity index (χ4v) is 4.12. The van der Waals surface area contributed by atoms with Crippen LogP contribution in [-0.2, 0) is 7.05 Å². The van der Waals surface area contributed by atoms with Crippen LogP contribution >= 0.6 is 0 Å². The van der Waals surface area contributed by atoms with E-state index in [9.17, 15) is 23.2 Å². The maximum Gasteiger partial charge on any atom is 0.336 e. The van der Waals surface area contributed by atoms with Crippen molar-refractivity contribution in [3.05, 3.63) is 117 Å². The van der Waals surface area contributed by atoms with Crippen LogP contribution in [0.15, 0.2) is 89.0 Å². The summed E-state index contributed by atoms with van der Waals surface area (Å²) in [6.07, 6.45) is 6.05. The highest BCUT2D eigenvalue weighted by Gasteiger charge is 2.21. The minimum absolute atomic E-state index is 0.0322. The van der Waals surface area contributed by atoms with E-state index in [1.165, 1.54) is 36.5 Å². The molecule has 0 atom stereocenters. The lowest BCUT2D eigenvalue weighted by molar-refractivity contribution is 0.102. The molecule has 1 N–H and O–H groups in total. The Morgan fingerprint density at radius 3 is 2.46 bits per heavy atom. The summed E-state index contributed by atoms with van der Waals surface area (Å²) in [5, 5.41) is 6.58. The Balaban J connectivity index is 1.42. The van der Waals surface area contributed by atoms with Gasteiger partial charge in [-0.2, -0.15) is 5.10 Å². The van der Waals surface area contributed by atoms with E-state index in [2.05, 4.69) is 15.4 Å². The molecule has 0 aliphatic rings. The third kappa shape index (κ3) is 5.53. The third-order valence-electron chi connectivity index (χ3n) is 6.16. The average Bonchev–Trinajstić information content (AvgIpc) is 3.37. The Kier molecular flexibility index (Phi) is 7.30. The quantitative estimate of drug-likeness (QED) is 0.310. The van der Waals surface area contributed by atoms with E-state index in [0.29, 0.717) is 16.0 Å². The van der Waals surface area contributed by atoms with Gasteiger partial charge in [-0.05, 0) is 44.2 Å². The molecule has 0 bridgehead atoms. The van der Waals surface area contributed by atoms with Crippen molar-refractivity contribution in [2.24, 2.45) is 7.05 Å². The van der Waals surface area contributed by atoms with E-state index >= 15 is 0 Å². The van der Waals surface area contributed by atoms with Gasteiger partial charge in [0.2, 0.25) is 0 Å². The molecule has 0 radical (unpaired) electrons. The number of ether oxygens (including phenoxy) is 1. The predicted molar refractivity (Wildman–Crippen MR) is 148 cm³/mol. The zero-order valence-electron chi connectivity index (χ0n) is 22.2. The van der Waals surface area contributed by atoms with Gasteiger partial charge in [0.25, 0.3) is 11.5 Å². The predicted octanol–water partition coefficient (Wildman–Crippen LogP) is 4.70. The van der Waals surface area contributed by atoms with Crippen molar-refractivity contribution < 1.29 is 18.3 Å². The first kappa shape index (κ1) is 27.2. The monoisotopic (exact) mass is 558 g/mol. The number of carbonyl (C=O) groups excluding carboxylic acids is 1. The number of para-hydroxylation sites is 1. The highest BCUT2D eigenvalue weighted by atomic mass is 19.1. The van der Waals surface area contributed by atoms with Crippen molar-refractivity contribution in [3.63, 3.8) is 0 Å². The zero-order chi connectivity index (χ0) is 29.3. The number of hydrogen-bond acceptors (Lipinski definition) is 6. The van der Waals surface area contributed by atoms with Crippen LogP contribution in [0.25, 0.3) is 16.9 Å². The maximum atomic E-state index is 15.0. The van der Waals surface area contributed by atoms with Gasteiger partial charge < -0.3 is 10.1 Å². The molecule has 208 valence electrons. The molecule has 0 saturated heterocycles. The van der Waals surface area contributed by atoms with Crippen molar-refractivity contribution >= 4 is 11.6 Å². The molecule has 10 nitrogen and oxygen atoms in total. The summed E-state index contributed by atoms with van der Waals surface area (Å²) < 4.78 is 38.6. The molecule has 3 aromatic heterocycles. The van der Waals surface area contributed by atoms with Gasteiger partial charge in [0.1, 0.15) is 17.1 Å². The molecule has 0 aliphatic heterocycles. The lowest BCUT2D eigenvalue weighted by atomic mass is 10.2. The summed E-state index contributed by atoms with van der Waals surface area (Å²) in [4.78, 5) is 43.7. The SMILES string of the molecule is CC(C)n1cc(C(=O)Nc2ccc(Oc3ccnc(-c4cnn(C)c4)c3)c(F)c2)c(=O)n(-c2ccccc2F)c1=O. The molecule has 3 heterocycles. The molecule has 1 amide bonds. The van der Waals surface area contributed by atoms with Crippen molar-refractivity contribution in [2.75, 3.05) is 5.32 Å². The molecule has 0 spiro atoms. The normalized spacial score (nSPS) is 11.1. The second-order valence-corrected chi connectivity index (χ2v) is 9.40. The number of aryl methyl sites for hydroxylation is 1. The summed E-state index contributed by atoms with van der Waals surface area (Å²) in [6, 6.07) is 11.8. The minimum Gasteiger partial charge on any atom is -0.454 e. The van der Waals surface area contributed by atoms with Gasteiger partial charge in [-0.1, -0.05) is 12.1 Å². The van der Waals surface area contributed by atoms with Gasteiger partial charge in [0.15, 0.2) is 11.6 Å². The molecule has 2 aromatic carbocycles. The van der Waals surface area contributed by atoms with Gasteiger partial charge in [-0.25, -0.2) is 18.1 Å². The van der Waals surface area contributed by atoms with E-state index in [4.69, 9.17) is 4.74 Å². The topological polar surface area (TPSA) is 113 Å².